The van der Waals surface area contributed by atoms with Crippen LogP contribution in [-0.2, 0) is 16.0 Å². The molecule has 3 heteroatoms. The lowest BCUT2D eigenvalue weighted by Crippen LogP contribution is -2.07. The summed E-state index contributed by atoms with van der Waals surface area (Å²) in [6, 6.07) is 6.49. The molecule has 0 atom stereocenters. The van der Waals surface area contributed by atoms with E-state index in [2.05, 4.69) is 4.74 Å². The van der Waals surface area contributed by atoms with Gasteiger partial charge in [-0.15, -0.1) is 0 Å². The number of halogens is 1. The van der Waals surface area contributed by atoms with Crippen molar-refractivity contribution in [3.05, 3.63) is 35.6 Å². The van der Waals surface area contributed by atoms with Crippen molar-refractivity contribution in [2.24, 2.45) is 0 Å². The Balaban J connectivity index is 2.46. The molecular weight excluding hydrogens is 183 g/mol. The van der Waals surface area contributed by atoms with Crippen molar-refractivity contribution in [3.63, 3.8) is 0 Å². The Morgan fingerprint density at radius 2 is 2.14 bits per heavy atom. The second-order valence-electron chi connectivity index (χ2n) is 3.06. The zero-order valence-corrected chi connectivity index (χ0v) is 8.13. The van der Waals surface area contributed by atoms with Crippen LogP contribution in [0.4, 0.5) is 4.39 Å². The highest BCUT2D eigenvalue weighted by molar-refractivity contribution is 5.79. The SMILES string of the molecule is COCC(=O)CCc1ccccc1F. The molecule has 0 N–H and O–H groups in total. The van der Waals surface area contributed by atoms with E-state index >= 15 is 0 Å². The molecule has 0 spiro atoms. The molecule has 1 aromatic carbocycles. The van der Waals surface area contributed by atoms with E-state index < -0.39 is 0 Å². The van der Waals surface area contributed by atoms with Crippen LogP contribution in [0.25, 0.3) is 0 Å². The van der Waals surface area contributed by atoms with E-state index in [0.717, 1.165) is 0 Å². The van der Waals surface area contributed by atoms with Crippen LogP contribution < -0.4 is 0 Å². The second kappa shape index (κ2) is 5.50. The molecular formula is C11H13FO2. The van der Waals surface area contributed by atoms with Crippen LogP contribution in [0, 0.1) is 5.82 Å². The van der Waals surface area contributed by atoms with Gasteiger partial charge in [0, 0.05) is 13.5 Å². The highest BCUT2D eigenvalue weighted by Crippen LogP contribution is 2.08. The minimum absolute atomic E-state index is 0.00393. The molecule has 76 valence electrons. The molecule has 0 fully saturated rings. The number of benzene rings is 1. The third kappa shape index (κ3) is 3.26. The highest BCUT2D eigenvalue weighted by Gasteiger charge is 2.04. The van der Waals surface area contributed by atoms with E-state index in [4.69, 9.17) is 0 Å². The van der Waals surface area contributed by atoms with Crippen LogP contribution in [0.1, 0.15) is 12.0 Å². The number of Topliss-reactive ketones (excluding diaryl/α,β-unsaturated/α-hetero) is 1. The van der Waals surface area contributed by atoms with Gasteiger partial charge in [0.15, 0.2) is 5.78 Å². The van der Waals surface area contributed by atoms with E-state index in [1.165, 1.54) is 13.2 Å². The quantitative estimate of drug-likeness (QED) is 0.719. The molecule has 0 saturated heterocycles. The molecule has 0 aliphatic rings. The zero-order chi connectivity index (χ0) is 10.4. The lowest BCUT2D eigenvalue weighted by Gasteiger charge is -2.01. The van der Waals surface area contributed by atoms with Crippen LogP contribution >= 0.6 is 0 Å². The minimum atomic E-state index is -0.252. The van der Waals surface area contributed by atoms with Gasteiger partial charge < -0.3 is 4.74 Å². The van der Waals surface area contributed by atoms with E-state index in [1.54, 1.807) is 18.2 Å². The smallest absolute Gasteiger partial charge is 0.158 e. The van der Waals surface area contributed by atoms with Crippen molar-refractivity contribution in [2.45, 2.75) is 12.8 Å². The summed E-state index contributed by atoms with van der Waals surface area (Å²) in [5.41, 5.74) is 0.581. The van der Waals surface area contributed by atoms with Crippen molar-refractivity contribution in [2.75, 3.05) is 13.7 Å². The molecule has 0 radical (unpaired) electrons. The maximum absolute atomic E-state index is 13.1. The fourth-order valence-corrected chi connectivity index (χ4v) is 1.21. The summed E-state index contributed by atoms with van der Waals surface area (Å²) in [6.45, 7) is 0.106. The molecule has 2 nitrogen and oxygen atoms in total. The predicted octanol–water partition coefficient (Wildman–Crippen LogP) is 1.97. The average molecular weight is 196 g/mol. The van der Waals surface area contributed by atoms with Crippen LogP contribution in [-0.4, -0.2) is 19.5 Å². The number of ketones is 1. The van der Waals surface area contributed by atoms with Crippen molar-refractivity contribution in [3.8, 4) is 0 Å². The van der Waals surface area contributed by atoms with E-state index in [1.807, 2.05) is 0 Å². The number of hydrogen-bond donors (Lipinski definition) is 0. The minimum Gasteiger partial charge on any atom is -0.377 e. The number of carbonyl (C=O) groups is 1. The van der Waals surface area contributed by atoms with Gasteiger partial charge in [0.05, 0.1) is 0 Å². The molecule has 0 aromatic heterocycles. The molecule has 0 aliphatic carbocycles. The van der Waals surface area contributed by atoms with Crippen LogP contribution in [0.3, 0.4) is 0 Å². The van der Waals surface area contributed by atoms with E-state index in [-0.39, 0.29) is 18.2 Å². The maximum Gasteiger partial charge on any atom is 0.158 e. The molecule has 14 heavy (non-hydrogen) atoms. The summed E-state index contributed by atoms with van der Waals surface area (Å²) in [5, 5.41) is 0. The summed E-state index contributed by atoms with van der Waals surface area (Å²) in [6.07, 6.45) is 0.768. The van der Waals surface area contributed by atoms with Gasteiger partial charge in [-0.05, 0) is 18.1 Å². The van der Waals surface area contributed by atoms with Gasteiger partial charge in [0.25, 0.3) is 0 Å². The molecule has 0 saturated carbocycles. The summed E-state index contributed by atoms with van der Waals surface area (Å²) in [7, 11) is 1.47. The first kappa shape index (κ1) is 10.9. The summed E-state index contributed by atoms with van der Waals surface area (Å²) in [4.78, 5) is 11.1. The normalized spacial score (nSPS) is 10.1. The number of hydrogen-bond acceptors (Lipinski definition) is 2. The fourth-order valence-electron chi connectivity index (χ4n) is 1.21. The molecule has 0 unspecified atom stereocenters. The molecule has 0 aliphatic heterocycles. The molecule has 0 amide bonds. The standard InChI is InChI=1S/C11H13FO2/c1-14-8-10(13)7-6-9-4-2-3-5-11(9)12/h2-5H,6-8H2,1H3. The molecule has 0 heterocycles. The van der Waals surface area contributed by atoms with Crippen LogP contribution in [0.5, 0.6) is 0 Å². The maximum atomic E-state index is 13.1. The monoisotopic (exact) mass is 196 g/mol. The van der Waals surface area contributed by atoms with Crippen LogP contribution in [0.2, 0.25) is 0 Å². The largest absolute Gasteiger partial charge is 0.377 e. The summed E-state index contributed by atoms with van der Waals surface area (Å²) < 4.78 is 17.8. The first-order valence-corrected chi connectivity index (χ1v) is 4.48. The lowest BCUT2D eigenvalue weighted by molar-refractivity contribution is -0.122. The summed E-state index contributed by atoms with van der Waals surface area (Å²) in [5.74, 6) is -0.256. The second-order valence-corrected chi connectivity index (χ2v) is 3.06. The predicted molar refractivity (Wildman–Crippen MR) is 51.6 cm³/mol. The van der Waals surface area contributed by atoms with Crippen molar-refractivity contribution in [1.82, 2.24) is 0 Å². The van der Waals surface area contributed by atoms with Gasteiger partial charge in [0.2, 0.25) is 0 Å². The van der Waals surface area contributed by atoms with Gasteiger partial charge in [-0.25, -0.2) is 4.39 Å². The van der Waals surface area contributed by atoms with E-state index in [9.17, 15) is 9.18 Å². The van der Waals surface area contributed by atoms with Gasteiger partial charge in [-0.1, -0.05) is 18.2 Å². The number of ether oxygens (including phenoxy) is 1. The topological polar surface area (TPSA) is 26.3 Å². The highest BCUT2D eigenvalue weighted by atomic mass is 19.1. The molecule has 0 bridgehead atoms. The molecule has 1 rings (SSSR count). The Bertz CT molecular complexity index is 310. The first-order chi connectivity index (χ1) is 6.74. The first-order valence-electron chi connectivity index (χ1n) is 4.48. The Morgan fingerprint density at radius 1 is 1.43 bits per heavy atom. The van der Waals surface area contributed by atoms with Crippen molar-refractivity contribution in [1.29, 1.82) is 0 Å². The number of rotatable bonds is 5. The van der Waals surface area contributed by atoms with Gasteiger partial charge >= 0.3 is 0 Å². The number of methoxy groups -OCH3 is 1. The van der Waals surface area contributed by atoms with Crippen LogP contribution in [0.15, 0.2) is 24.3 Å². The third-order valence-corrected chi connectivity index (χ3v) is 1.94. The Morgan fingerprint density at radius 3 is 2.79 bits per heavy atom. The van der Waals surface area contributed by atoms with Gasteiger partial charge in [0.1, 0.15) is 12.4 Å². The summed E-state index contributed by atoms with van der Waals surface area (Å²) >= 11 is 0. The van der Waals surface area contributed by atoms with Gasteiger partial charge in [-0.3, -0.25) is 4.79 Å². The fraction of sp³-hybridized carbons (Fsp3) is 0.364. The number of aryl methyl sites for hydroxylation is 1. The zero-order valence-electron chi connectivity index (χ0n) is 8.13. The molecule has 1 aromatic rings. The Kier molecular flexibility index (Phi) is 4.26. The van der Waals surface area contributed by atoms with Gasteiger partial charge in [-0.2, -0.15) is 0 Å². The number of carbonyl (C=O) groups excluding carboxylic acids is 1. The Hall–Kier alpha value is -1.22. The average Bonchev–Trinajstić information content (AvgIpc) is 2.17. The van der Waals surface area contributed by atoms with Crippen molar-refractivity contribution < 1.29 is 13.9 Å². The Labute approximate surface area is 82.7 Å². The van der Waals surface area contributed by atoms with Crippen molar-refractivity contribution >= 4 is 5.78 Å². The lowest BCUT2D eigenvalue weighted by atomic mass is 10.1. The van der Waals surface area contributed by atoms with E-state index in [0.29, 0.717) is 18.4 Å². The third-order valence-electron chi connectivity index (χ3n) is 1.94.